The van der Waals surface area contributed by atoms with Crippen LogP contribution in [0, 0.1) is 11.8 Å². The van der Waals surface area contributed by atoms with E-state index in [9.17, 15) is 4.79 Å². The average molecular weight is 156 g/mol. The number of carbonyl (C=O) groups is 1. The molecule has 0 aromatic carbocycles. The molecule has 0 bridgehead atoms. The van der Waals surface area contributed by atoms with Gasteiger partial charge in [-0.15, -0.1) is 0 Å². The monoisotopic (exact) mass is 156 g/mol. The van der Waals surface area contributed by atoms with Crippen molar-refractivity contribution in [3.63, 3.8) is 0 Å². The van der Waals surface area contributed by atoms with E-state index in [0.29, 0.717) is 17.9 Å². The molecule has 1 saturated heterocycles. The van der Waals surface area contributed by atoms with Gasteiger partial charge in [-0.25, -0.2) is 4.79 Å². The summed E-state index contributed by atoms with van der Waals surface area (Å²) in [5.74, 6) is 1.18. The summed E-state index contributed by atoms with van der Waals surface area (Å²) in [7, 11) is 1.63. The third-order valence-electron chi connectivity index (χ3n) is 2.48. The first-order valence-corrected chi connectivity index (χ1v) is 3.89. The number of fused-ring (bicyclic) bond motifs is 1. The van der Waals surface area contributed by atoms with Crippen molar-refractivity contribution in [2.45, 2.75) is 6.04 Å². The molecule has 2 amide bonds. The minimum atomic E-state index is -0.0793. The predicted octanol–water partition coefficient (Wildman–Crippen LogP) is -0.440. The lowest BCUT2D eigenvalue weighted by Crippen LogP contribution is -2.36. The molecule has 4 nitrogen and oxygen atoms in total. The molecule has 0 unspecified atom stereocenters. The molecule has 2 fully saturated rings. The largest absolute Gasteiger partial charge is 0.381 e. The molecule has 1 saturated carbocycles. The van der Waals surface area contributed by atoms with Crippen LogP contribution in [0.2, 0.25) is 0 Å². The van der Waals surface area contributed by atoms with Crippen molar-refractivity contribution in [1.29, 1.82) is 0 Å². The van der Waals surface area contributed by atoms with Gasteiger partial charge in [0.2, 0.25) is 0 Å². The van der Waals surface area contributed by atoms with Crippen molar-refractivity contribution >= 4 is 6.03 Å². The average Bonchev–Trinajstić information content (AvgIpc) is 2.52. The number of hydrogen-bond donors (Lipinski definition) is 2. The first kappa shape index (κ1) is 6.91. The van der Waals surface area contributed by atoms with Gasteiger partial charge in [-0.2, -0.15) is 0 Å². The van der Waals surface area contributed by atoms with Crippen LogP contribution in [0.3, 0.4) is 0 Å². The zero-order valence-corrected chi connectivity index (χ0v) is 6.46. The number of rotatable bonds is 1. The summed E-state index contributed by atoms with van der Waals surface area (Å²) in [5.41, 5.74) is 0. The highest BCUT2D eigenvalue weighted by Crippen LogP contribution is 2.43. The molecule has 1 aliphatic heterocycles. The van der Waals surface area contributed by atoms with E-state index in [1.165, 1.54) is 0 Å². The van der Waals surface area contributed by atoms with E-state index in [2.05, 4.69) is 10.6 Å². The van der Waals surface area contributed by atoms with Crippen LogP contribution in [0.5, 0.6) is 0 Å². The van der Waals surface area contributed by atoms with Crippen LogP contribution < -0.4 is 10.6 Å². The summed E-state index contributed by atoms with van der Waals surface area (Å²) in [6.45, 7) is 1.64. The summed E-state index contributed by atoms with van der Waals surface area (Å²) in [4.78, 5) is 10.8. The van der Waals surface area contributed by atoms with E-state index >= 15 is 0 Å². The fourth-order valence-corrected chi connectivity index (χ4v) is 1.68. The molecule has 0 spiro atoms. The molecule has 62 valence electrons. The Morgan fingerprint density at radius 2 is 2.09 bits per heavy atom. The lowest BCUT2D eigenvalue weighted by atomic mass is 10.4. The third-order valence-corrected chi connectivity index (χ3v) is 2.48. The highest BCUT2D eigenvalue weighted by Gasteiger charge is 2.54. The molecular weight excluding hydrogens is 144 g/mol. The number of urea groups is 1. The van der Waals surface area contributed by atoms with Crippen molar-refractivity contribution in [3.8, 4) is 0 Å². The fourth-order valence-electron chi connectivity index (χ4n) is 1.68. The maximum Gasteiger partial charge on any atom is 0.314 e. The molecule has 2 atom stereocenters. The van der Waals surface area contributed by atoms with Gasteiger partial charge in [-0.3, -0.25) is 0 Å². The highest BCUT2D eigenvalue weighted by atomic mass is 16.5. The Morgan fingerprint density at radius 1 is 1.45 bits per heavy atom. The summed E-state index contributed by atoms with van der Waals surface area (Å²) in [5, 5.41) is 5.41. The Labute approximate surface area is 65.3 Å². The zero-order chi connectivity index (χ0) is 7.84. The molecule has 1 heterocycles. The Balaban J connectivity index is 1.79. The van der Waals surface area contributed by atoms with Gasteiger partial charge in [0.05, 0.1) is 13.2 Å². The molecule has 1 aliphatic carbocycles. The van der Waals surface area contributed by atoms with Gasteiger partial charge in [0.15, 0.2) is 0 Å². The lowest BCUT2D eigenvalue weighted by molar-refractivity contribution is 0.156. The first-order valence-electron chi connectivity index (χ1n) is 3.89. The second-order valence-electron chi connectivity index (χ2n) is 3.11. The number of hydrogen-bond acceptors (Lipinski definition) is 2. The molecule has 2 N–H and O–H groups in total. The van der Waals surface area contributed by atoms with Crippen LogP contribution in [0.15, 0.2) is 0 Å². The summed E-state index contributed by atoms with van der Waals surface area (Å²) < 4.78 is 5.18. The van der Waals surface area contributed by atoms with Gasteiger partial charge in [-0.05, 0) is 0 Å². The van der Waals surface area contributed by atoms with Crippen LogP contribution in [0.25, 0.3) is 0 Å². The lowest BCUT2D eigenvalue weighted by Gasteiger charge is -2.05. The van der Waals surface area contributed by atoms with Crippen molar-refractivity contribution in [2.75, 3.05) is 20.3 Å². The Bertz CT molecular complexity index is 173. The SMILES string of the molecule is CNC(=O)NC1[C@H]2COC[C@H]12. The second-order valence-corrected chi connectivity index (χ2v) is 3.11. The van der Waals surface area contributed by atoms with Crippen LogP contribution in [-0.2, 0) is 4.74 Å². The maximum atomic E-state index is 10.8. The molecule has 0 aromatic rings. The van der Waals surface area contributed by atoms with E-state index in [4.69, 9.17) is 4.74 Å². The van der Waals surface area contributed by atoms with Gasteiger partial charge >= 0.3 is 6.03 Å². The van der Waals surface area contributed by atoms with E-state index in [-0.39, 0.29) is 6.03 Å². The molecule has 11 heavy (non-hydrogen) atoms. The number of nitrogens with one attached hydrogen (secondary N) is 2. The van der Waals surface area contributed by atoms with Crippen LogP contribution in [-0.4, -0.2) is 32.3 Å². The highest BCUT2D eigenvalue weighted by molar-refractivity contribution is 5.74. The van der Waals surface area contributed by atoms with E-state index in [0.717, 1.165) is 13.2 Å². The standard InChI is InChI=1S/C7H12N2O2/c1-8-7(10)9-6-4-2-11-3-5(4)6/h4-6H,2-3H2,1H3,(H2,8,9,10)/t4-,5-/m0/s1. The Kier molecular flexibility index (Phi) is 1.49. The number of ether oxygens (including phenoxy) is 1. The summed E-state index contributed by atoms with van der Waals surface area (Å²) in [6, 6.07) is 0.299. The topological polar surface area (TPSA) is 50.4 Å². The van der Waals surface area contributed by atoms with Gasteiger partial charge in [0.1, 0.15) is 0 Å². The molecule has 2 aliphatic rings. The first-order chi connectivity index (χ1) is 5.33. The summed E-state index contributed by atoms with van der Waals surface area (Å²) >= 11 is 0. The number of amides is 2. The quantitative estimate of drug-likeness (QED) is 0.540. The molecule has 0 radical (unpaired) electrons. The van der Waals surface area contributed by atoms with Gasteiger partial charge in [0, 0.05) is 24.9 Å². The van der Waals surface area contributed by atoms with Crippen molar-refractivity contribution in [3.05, 3.63) is 0 Å². The summed E-state index contributed by atoms with van der Waals surface area (Å²) in [6.07, 6.45) is 0. The predicted molar refractivity (Wildman–Crippen MR) is 39.2 cm³/mol. The minimum Gasteiger partial charge on any atom is -0.381 e. The van der Waals surface area contributed by atoms with Crippen LogP contribution in [0.4, 0.5) is 4.79 Å². The maximum absolute atomic E-state index is 10.8. The smallest absolute Gasteiger partial charge is 0.314 e. The Hall–Kier alpha value is -0.770. The van der Waals surface area contributed by atoms with Gasteiger partial charge < -0.3 is 15.4 Å². The molecular formula is C7H12N2O2. The van der Waals surface area contributed by atoms with Gasteiger partial charge in [-0.1, -0.05) is 0 Å². The normalized spacial score (nSPS) is 39.5. The van der Waals surface area contributed by atoms with E-state index in [1.54, 1.807) is 7.05 Å². The zero-order valence-electron chi connectivity index (χ0n) is 6.46. The minimum absolute atomic E-state index is 0.0793. The van der Waals surface area contributed by atoms with Crippen LogP contribution in [0.1, 0.15) is 0 Å². The molecule has 4 heteroatoms. The van der Waals surface area contributed by atoms with E-state index < -0.39 is 0 Å². The fraction of sp³-hybridized carbons (Fsp3) is 0.857. The van der Waals surface area contributed by atoms with Gasteiger partial charge in [0.25, 0.3) is 0 Å². The second kappa shape index (κ2) is 2.37. The van der Waals surface area contributed by atoms with Crippen molar-refractivity contribution in [1.82, 2.24) is 10.6 Å². The molecule has 2 rings (SSSR count). The van der Waals surface area contributed by atoms with Crippen LogP contribution >= 0.6 is 0 Å². The van der Waals surface area contributed by atoms with E-state index in [1.807, 2.05) is 0 Å². The third kappa shape index (κ3) is 1.07. The van der Waals surface area contributed by atoms with Crippen molar-refractivity contribution < 1.29 is 9.53 Å². The molecule has 0 aromatic heterocycles. The Morgan fingerprint density at radius 3 is 2.64 bits per heavy atom. The number of carbonyl (C=O) groups excluding carboxylic acids is 1. The van der Waals surface area contributed by atoms with Crippen molar-refractivity contribution in [2.24, 2.45) is 11.8 Å².